The van der Waals surface area contributed by atoms with Gasteiger partial charge in [-0.15, -0.1) is 0 Å². The molecule has 0 nitrogen and oxygen atoms in total. The van der Waals surface area contributed by atoms with Crippen molar-refractivity contribution in [2.24, 2.45) is 11.3 Å². The maximum atomic E-state index is 2.34. The van der Waals surface area contributed by atoms with E-state index in [0.717, 1.165) is 0 Å². The van der Waals surface area contributed by atoms with Crippen molar-refractivity contribution >= 4 is 0 Å². The smallest absolute Gasteiger partial charge is 0.0213 e. The van der Waals surface area contributed by atoms with Gasteiger partial charge in [-0.2, -0.15) is 0 Å². The van der Waals surface area contributed by atoms with Gasteiger partial charge in [0.2, 0.25) is 0 Å². The third-order valence-corrected chi connectivity index (χ3v) is 2.25. The maximum Gasteiger partial charge on any atom is -0.0213 e. The number of hydrogen-bond acceptors (Lipinski definition) is 0. The van der Waals surface area contributed by atoms with Crippen LogP contribution in [0, 0.1) is 11.3 Å². The topological polar surface area (TPSA) is 0 Å². The van der Waals surface area contributed by atoms with Gasteiger partial charge in [-0.1, -0.05) is 53.2 Å². The summed E-state index contributed by atoms with van der Waals surface area (Å²) in [6.07, 6.45) is 7.12. The Morgan fingerprint density at radius 3 is 2.18 bits per heavy atom. The van der Waals surface area contributed by atoms with Crippen LogP contribution in [0.4, 0.5) is 0 Å². The van der Waals surface area contributed by atoms with Crippen LogP contribution in [-0.2, 0) is 0 Å². The Bertz CT molecular complexity index is 114. The van der Waals surface area contributed by atoms with E-state index in [9.17, 15) is 0 Å². The molecule has 0 aromatic heterocycles. The summed E-state index contributed by atoms with van der Waals surface area (Å²) in [5, 5.41) is 0. The lowest BCUT2D eigenvalue weighted by Gasteiger charge is -2.24. The second-order valence-electron chi connectivity index (χ2n) is 4.37. The zero-order valence-corrected chi connectivity index (χ0v) is 8.65. The standard InChI is InChI=1S/C11H22/c1-6-7-8-9-10(2)11(3,4)5/h8-10H,6-7H2,1-5H3. The first-order chi connectivity index (χ1) is 4.98. The lowest BCUT2D eigenvalue weighted by Crippen LogP contribution is -2.14. The van der Waals surface area contributed by atoms with Crippen molar-refractivity contribution in [3.05, 3.63) is 12.2 Å². The highest BCUT2D eigenvalue weighted by molar-refractivity contribution is 4.91. The molecule has 0 aliphatic heterocycles. The maximum absolute atomic E-state index is 2.34. The molecule has 0 N–H and O–H groups in total. The van der Waals surface area contributed by atoms with Crippen LogP contribution in [0.5, 0.6) is 0 Å². The summed E-state index contributed by atoms with van der Waals surface area (Å²) in [5.74, 6) is 0.689. The number of allylic oxidation sites excluding steroid dienone is 2. The Morgan fingerprint density at radius 1 is 1.27 bits per heavy atom. The summed E-state index contributed by atoms with van der Waals surface area (Å²) in [6, 6.07) is 0. The lowest BCUT2D eigenvalue weighted by molar-refractivity contribution is 0.314. The summed E-state index contributed by atoms with van der Waals surface area (Å²) in [7, 11) is 0. The van der Waals surface area contributed by atoms with Crippen molar-refractivity contribution in [3.8, 4) is 0 Å². The van der Waals surface area contributed by atoms with E-state index >= 15 is 0 Å². The summed E-state index contributed by atoms with van der Waals surface area (Å²) in [5.41, 5.74) is 0.421. The van der Waals surface area contributed by atoms with Gasteiger partial charge in [0, 0.05) is 0 Å². The molecule has 0 amide bonds. The van der Waals surface area contributed by atoms with Crippen LogP contribution in [-0.4, -0.2) is 0 Å². The molecule has 0 fully saturated rings. The highest BCUT2D eigenvalue weighted by Crippen LogP contribution is 2.26. The summed E-state index contributed by atoms with van der Waals surface area (Å²) in [4.78, 5) is 0. The molecule has 0 bridgehead atoms. The highest BCUT2D eigenvalue weighted by Gasteiger charge is 2.16. The van der Waals surface area contributed by atoms with Gasteiger partial charge in [0.1, 0.15) is 0 Å². The van der Waals surface area contributed by atoms with Crippen LogP contribution >= 0.6 is 0 Å². The molecule has 0 aromatic carbocycles. The monoisotopic (exact) mass is 154 g/mol. The second-order valence-corrected chi connectivity index (χ2v) is 4.37. The van der Waals surface area contributed by atoms with Gasteiger partial charge in [0.05, 0.1) is 0 Å². The van der Waals surface area contributed by atoms with Crippen LogP contribution in [0.2, 0.25) is 0 Å². The van der Waals surface area contributed by atoms with Crippen molar-refractivity contribution in [1.29, 1.82) is 0 Å². The van der Waals surface area contributed by atoms with E-state index in [1.807, 2.05) is 0 Å². The van der Waals surface area contributed by atoms with Gasteiger partial charge in [-0.05, 0) is 17.8 Å². The fourth-order valence-corrected chi connectivity index (χ4v) is 0.756. The van der Waals surface area contributed by atoms with Gasteiger partial charge in [0.15, 0.2) is 0 Å². The summed E-state index contributed by atoms with van der Waals surface area (Å²) in [6.45, 7) is 11.4. The minimum absolute atomic E-state index is 0.421. The van der Waals surface area contributed by atoms with Crippen LogP contribution in [0.15, 0.2) is 12.2 Å². The molecule has 0 aliphatic rings. The highest BCUT2D eigenvalue weighted by atomic mass is 14.2. The third kappa shape index (κ3) is 5.06. The predicted octanol–water partition coefficient (Wildman–Crippen LogP) is 4.02. The molecule has 11 heavy (non-hydrogen) atoms. The molecule has 0 rings (SSSR count). The molecule has 0 heteroatoms. The van der Waals surface area contributed by atoms with Gasteiger partial charge >= 0.3 is 0 Å². The Kier molecular flexibility index (Phi) is 4.48. The minimum atomic E-state index is 0.421. The molecule has 0 heterocycles. The Morgan fingerprint density at radius 2 is 1.82 bits per heavy atom. The first-order valence-corrected chi connectivity index (χ1v) is 4.65. The van der Waals surface area contributed by atoms with Crippen LogP contribution in [0.25, 0.3) is 0 Å². The molecule has 66 valence electrons. The van der Waals surface area contributed by atoms with E-state index in [2.05, 4.69) is 46.8 Å². The van der Waals surface area contributed by atoms with E-state index in [-0.39, 0.29) is 0 Å². The van der Waals surface area contributed by atoms with E-state index < -0.39 is 0 Å². The zero-order chi connectivity index (χ0) is 8.91. The molecular formula is C11H22. The summed E-state index contributed by atoms with van der Waals surface area (Å²) < 4.78 is 0. The van der Waals surface area contributed by atoms with Gasteiger partial charge in [-0.25, -0.2) is 0 Å². The minimum Gasteiger partial charge on any atom is -0.0883 e. The van der Waals surface area contributed by atoms with Crippen molar-refractivity contribution in [3.63, 3.8) is 0 Å². The first kappa shape index (κ1) is 10.7. The Labute approximate surface area is 71.7 Å². The number of unbranched alkanes of at least 4 members (excludes halogenated alkanes) is 1. The number of rotatable bonds is 3. The molecule has 1 atom stereocenters. The molecule has 0 saturated heterocycles. The predicted molar refractivity (Wildman–Crippen MR) is 52.7 cm³/mol. The fraction of sp³-hybridized carbons (Fsp3) is 0.818. The van der Waals surface area contributed by atoms with E-state index in [1.165, 1.54) is 12.8 Å². The average molecular weight is 154 g/mol. The molecule has 0 aromatic rings. The molecular weight excluding hydrogens is 132 g/mol. The average Bonchev–Trinajstić information content (AvgIpc) is 1.86. The first-order valence-electron chi connectivity index (χ1n) is 4.65. The van der Waals surface area contributed by atoms with Gasteiger partial charge in [-0.3, -0.25) is 0 Å². The second kappa shape index (κ2) is 4.58. The molecule has 1 unspecified atom stereocenters. The third-order valence-electron chi connectivity index (χ3n) is 2.25. The van der Waals surface area contributed by atoms with Crippen molar-refractivity contribution in [2.75, 3.05) is 0 Å². The van der Waals surface area contributed by atoms with E-state index in [1.54, 1.807) is 0 Å². The molecule has 0 radical (unpaired) electrons. The lowest BCUT2D eigenvalue weighted by atomic mass is 9.82. The fourth-order valence-electron chi connectivity index (χ4n) is 0.756. The van der Waals surface area contributed by atoms with E-state index in [4.69, 9.17) is 0 Å². The number of hydrogen-bond donors (Lipinski definition) is 0. The van der Waals surface area contributed by atoms with Crippen LogP contribution in [0.1, 0.15) is 47.5 Å². The molecule has 0 spiro atoms. The van der Waals surface area contributed by atoms with Gasteiger partial charge < -0.3 is 0 Å². The molecule has 0 saturated carbocycles. The van der Waals surface area contributed by atoms with Crippen LogP contribution in [0.3, 0.4) is 0 Å². The van der Waals surface area contributed by atoms with Crippen LogP contribution < -0.4 is 0 Å². The Balaban J connectivity index is 3.77. The zero-order valence-electron chi connectivity index (χ0n) is 8.65. The Hall–Kier alpha value is -0.260. The van der Waals surface area contributed by atoms with Gasteiger partial charge in [0.25, 0.3) is 0 Å². The van der Waals surface area contributed by atoms with E-state index in [0.29, 0.717) is 11.3 Å². The normalized spacial score (nSPS) is 15.7. The van der Waals surface area contributed by atoms with Crippen molar-refractivity contribution in [2.45, 2.75) is 47.5 Å². The quantitative estimate of drug-likeness (QED) is 0.538. The largest absolute Gasteiger partial charge is 0.0883 e. The van der Waals surface area contributed by atoms with Crippen molar-refractivity contribution < 1.29 is 0 Å². The van der Waals surface area contributed by atoms with Crippen molar-refractivity contribution in [1.82, 2.24) is 0 Å². The SMILES string of the molecule is CCCC=CC(C)C(C)(C)C. The molecule has 0 aliphatic carbocycles. The summed E-state index contributed by atoms with van der Waals surface area (Å²) >= 11 is 0.